The minimum atomic E-state index is -0.993. The normalized spacial score (nSPS) is 32.2. The van der Waals surface area contributed by atoms with Gasteiger partial charge in [0.1, 0.15) is 19.3 Å². The SMILES string of the molecule is CC(=O)OCC(O)COC(=O)C1C(C)=CCC2C(C)(C)CCCC12C. The Labute approximate surface area is 150 Å². The van der Waals surface area contributed by atoms with Gasteiger partial charge in [0, 0.05) is 6.92 Å². The number of carbonyl (C=O) groups excluding carboxylic acids is 2. The second kappa shape index (κ2) is 7.48. The van der Waals surface area contributed by atoms with E-state index in [2.05, 4.69) is 26.8 Å². The molecule has 2 rings (SSSR count). The number of aliphatic hydroxyl groups is 1. The monoisotopic (exact) mass is 352 g/mol. The van der Waals surface area contributed by atoms with Crippen LogP contribution in [0.15, 0.2) is 11.6 Å². The Bertz CT molecular complexity index is 550. The Morgan fingerprint density at radius 1 is 1.24 bits per heavy atom. The van der Waals surface area contributed by atoms with Crippen LogP contribution in [0.4, 0.5) is 0 Å². The standard InChI is InChI=1S/C20H32O5/c1-13-7-8-16-19(3,4)9-6-10-20(16,5)17(13)18(23)25-12-15(22)11-24-14(2)21/h7,15-17,22H,6,8-12H2,1-5H3. The molecule has 0 saturated heterocycles. The fraction of sp³-hybridized carbons (Fsp3) is 0.800. The molecule has 142 valence electrons. The summed E-state index contributed by atoms with van der Waals surface area (Å²) in [7, 11) is 0. The third-order valence-corrected chi connectivity index (χ3v) is 6.20. The number of allylic oxidation sites excluding steroid dienone is 1. The zero-order valence-electron chi connectivity index (χ0n) is 16.1. The molecule has 2 aliphatic rings. The van der Waals surface area contributed by atoms with E-state index in [4.69, 9.17) is 9.47 Å². The molecule has 0 aromatic heterocycles. The molecule has 0 heterocycles. The van der Waals surface area contributed by atoms with Crippen LogP contribution in [0.2, 0.25) is 0 Å². The summed E-state index contributed by atoms with van der Waals surface area (Å²) < 4.78 is 10.2. The lowest BCUT2D eigenvalue weighted by Crippen LogP contribution is -2.51. The average Bonchev–Trinajstić information content (AvgIpc) is 2.49. The van der Waals surface area contributed by atoms with Crippen LogP contribution < -0.4 is 0 Å². The predicted octanol–water partition coefficient (Wildman–Crippen LogP) is 3.25. The summed E-state index contributed by atoms with van der Waals surface area (Å²) >= 11 is 0. The van der Waals surface area contributed by atoms with Gasteiger partial charge in [-0.15, -0.1) is 0 Å². The van der Waals surface area contributed by atoms with Gasteiger partial charge < -0.3 is 14.6 Å². The summed E-state index contributed by atoms with van der Waals surface area (Å²) in [5.74, 6) is -0.565. The average molecular weight is 352 g/mol. The number of carbonyl (C=O) groups is 2. The highest BCUT2D eigenvalue weighted by Crippen LogP contribution is 2.59. The smallest absolute Gasteiger partial charge is 0.313 e. The van der Waals surface area contributed by atoms with E-state index in [0.29, 0.717) is 5.92 Å². The first-order valence-electron chi connectivity index (χ1n) is 9.22. The number of ether oxygens (including phenoxy) is 2. The van der Waals surface area contributed by atoms with Gasteiger partial charge >= 0.3 is 11.9 Å². The maximum atomic E-state index is 12.8. The number of rotatable bonds is 5. The predicted molar refractivity (Wildman–Crippen MR) is 94.7 cm³/mol. The van der Waals surface area contributed by atoms with E-state index in [0.717, 1.165) is 24.8 Å². The summed E-state index contributed by atoms with van der Waals surface area (Å²) in [5.41, 5.74) is 1.16. The second-order valence-electron chi connectivity index (χ2n) is 8.60. The fourth-order valence-corrected chi connectivity index (χ4v) is 5.02. The molecule has 25 heavy (non-hydrogen) atoms. The van der Waals surface area contributed by atoms with Crippen LogP contribution in [-0.4, -0.2) is 36.4 Å². The quantitative estimate of drug-likeness (QED) is 0.607. The minimum absolute atomic E-state index is 0.113. The molecule has 0 aromatic rings. The van der Waals surface area contributed by atoms with Gasteiger partial charge in [-0.05, 0) is 42.9 Å². The van der Waals surface area contributed by atoms with Crippen LogP contribution in [0.3, 0.4) is 0 Å². The van der Waals surface area contributed by atoms with E-state index in [1.54, 1.807) is 0 Å². The van der Waals surface area contributed by atoms with Gasteiger partial charge in [0.25, 0.3) is 0 Å². The molecular formula is C20H32O5. The molecule has 0 aromatic carbocycles. The maximum Gasteiger partial charge on any atom is 0.313 e. The van der Waals surface area contributed by atoms with Crippen LogP contribution in [0.5, 0.6) is 0 Å². The molecule has 5 heteroatoms. The van der Waals surface area contributed by atoms with Crippen LogP contribution in [0, 0.1) is 22.7 Å². The second-order valence-corrected chi connectivity index (χ2v) is 8.60. The first kappa shape index (κ1) is 20.0. The first-order valence-corrected chi connectivity index (χ1v) is 9.22. The number of fused-ring (bicyclic) bond motifs is 1. The summed E-state index contributed by atoms with van der Waals surface area (Å²) in [6, 6.07) is 0. The van der Waals surface area contributed by atoms with Crippen molar-refractivity contribution in [1.29, 1.82) is 0 Å². The van der Waals surface area contributed by atoms with Crippen molar-refractivity contribution in [2.45, 2.75) is 66.4 Å². The largest absolute Gasteiger partial charge is 0.463 e. The summed E-state index contributed by atoms with van der Waals surface area (Å²) in [6.45, 7) is 9.79. The molecule has 1 N–H and O–H groups in total. The van der Waals surface area contributed by atoms with E-state index < -0.39 is 12.1 Å². The van der Waals surface area contributed by atoms with Gasteiger partial charge in [0.05, 0.1) is 5.92 Å². The molecule has 1 fully saturated rings. The lowest BCUT2D eigenvalue weighted by Gasteiger charge is -2.55. The zero-order chi connectivity index (χ0) is 18.8. The van der Waals surface area contributed by atoms with Crippen LogP contribution in [0.1, 0.15) is 60.3 Å². The van der Waals surface area contributed by atoms with Crippen molar-refractivity contribution in [3.63, 3.8) is 0 Å². The Balaban J connectivity index is 2.08. The topological polar surface area (TPSA) is 72.8 Å². The van der Waals surface area contributed by atoms with Gasteiger partial charge in [0.2, 0.25) is 0 Å². The lowest BCUT2D eigenvalue weighted by atomic mass is 9.49. The number of hydrogen-bond donors (Lipinski definition) is 1. The lowest BCUT2D eigenvalue weighted by molar-refractivity contribution is -0.162. The highest BCUT2D eigenvalue weighted by atomic mass is 16.6. The van der Waals surface area contributed by atoms with E-state index in [1.807, 2.05) is 6.92 Å². The van der Waals surface area contributed by atoms with Gasteiger partial charge in [-0.1, -0.05) is 38.8 Å². The molecule has 4 unspecified atom stereocenters. The third kappa shape index (κ3) is 4.25. The Hall–Kier alpha value is -1.36. The number of hydrogen-bond acceptors (Lipinski definition) is 5. The minimum Gasteiger partial charge on any atom is -0.463 e. The first-order chi connectivity index (χ1) is 11.6. The molecular weight excluding hydrogens is 320 g/mol. The van der Waals surface area contributed by atoms with Crippen molar-refractivity contribution in [2.75, 3.05) is 13.2 Å². The molecule has 1 saturated carbocycles. The molecule has 5 nitrogen and oxygen atoms in total. The van der Waals surface area contributed by atoms with Crippen LogP contribution in [0.25, 0.3) is 0 Å². The van der Waals surface area contributed by atoms with Crippen LogP contribution in [-0.2, 0) is 19.1 Å². The zero-order valence-corrected chi connectivity index (χ0v) is 16.1. The van der Waals surface area contributed by atoms with Gasteiger partial charge in [-0.2, -0.15) is 0 Å². The van der Waals surface area contributed by atoms with Crippen molar-refractivity contribution in [3.8, 4) is 0 Å². The van der Waals surface area contributed by atoms with Crippen LogP contribution >= 0.6 is 0 Å². The molecule has 0 radical (unpaired) electrons. The molecule has 0 spiro atoms. The Kier molecular flexibility index (Phi) is 5.97. The van der Waals surface area contributed by atoms with E-state index >= 15 is 0 Å². The van der Waals surface area contributed by atoms with Gasteiger partial charge in [-0.3, -0.25) is 9.59 Å². The summed E-state index contributed by atoms with van der Waals surface area (Å²) in [5, 5.41) is 9.82. The molecule has 0 bridgehead atoms. The fourth-order valence-electron chi connectivity index (χ4n) is 5.02. The van der Waals surface area contributed by atoms with E-state index in [1.165, 1.54) is 13.3 Å². The highest BCUT2D eigenvalue weighted by Gasteiger charge is 2.54. The van der Waals surface area contributed by atoms with Crippen molar-refractivity contribution in [1.82, 2.24) is 0 Å². The summed E-state index contributed by atoms with van der Waals surface area (Å²) in [6.07, 6.45) is 5.51. The van der Waals surface area contributed by atoms with E-state index in [-0.39, 0.29) is 35.9 Å². The molecule has 0 aliphatic heterocycles. The molecule has 4 atom stereocenters. The third-order valence-electron chi connectivity index (χ3n) is 6.20. The number of aliphatic hydroxyl groups excluding tert-OH is 1. The van der Waals surface area contributed by atoms with Crippen molar-refractivity contribution < 1.29 is 24.2 Å². The number of esters is 2. The molecule has 0 amide bonds. The maximum absolute atomic E-state index is 12.8. The highest BCUT2D eigenvalue weighted by molar-refractivity contribution is 5.77. The Morgan fingerprint density at radius 3 is 2.52 bits per heavy atom. The van der Waals surface area contributed by atoms with Gasteiger partial charge in [0.15, 0.2) is 0 Å². The van der Waals surface area contributed by atoms with E-state index in [9.17, 15) is 14.7 Å². The van der Waals surface area contributed by atoms with Gasteiger partial charge in [-0.25, -0.2) is 0 Å². The van der Waals surface area contributed by atoms with Crippen molar-refractivity contribution in [3.05, 3.63) is 11.6 Å². The Morgan fingerprint density at radius 2 is 1.88 bits per heavy atom. The van der Waals surface area contributed by atoms with Crippen molar-refractivity contribution in [2.24, 2.45) is 22.7 Å². The van der Waals surface area contributed by atoms with Crippen molar-refractivity contribution >= 4 is 11.9 Å². The molecule has 2 aliphatic carbocycles. The summed E-state index contributed by atoms with van der Waals surface area (Å²) in [4.78, 5) is 23.6.